The molecule has 138 valence electrons. The van der Waals surface area contributed by atoms with Gasteiger partial charge in [0.15, 0.2) is 0 Å². The summed E-state index contributed by atoms with van der Waals surface area (Å²) in [4.78, 5) is 16.3. The van der Waals surface area contributed by atoms with Crippen molar-refractivity contribution in [2.75, 3.05) is 37.6 Å². The molecule has 2 aliphatic rings. The summed E-state index contributed by atoms with van der Waals surface area (Å²) in [5, 5.41) is 11.1. The molecule has 1 amide bonds. The first-order valence-electron chi connectivity index (χ1n) is 9.36. The molecular weight excluding hydrogens is 314 g/mol. The van der Waals surface area contributed by atoms with Crippen LogP contribution in [0.25, 0.3) is 0 Å². The summed E-state index contributed by atoms with van der Waals surface area (Å²) >= 11 is 0. The monoisotopic (exact) mass is 345 g/mol. The molecule has 25 heavy (non-hydrogen) atoms. The van der Waals surface area contributed by atoms with Gasteiger partial charge in [-0.1, -0.05) is 12.1 Å². The van der Waals surface area contributed by atoms with Gasteiger partial charge in [-0.15, -0.1) is 0 Å². The number of likely N-dealkylation sites (tertiary alicyclic amines) is 1. The number of benzene rings is 1. The summed E-state index contributed by atoms with van der Waals surface area (Å²) < 4.78 is 0. The fraction of sp³-hybridized carbons (Fsp3) is 0.650. The number of anilines is 1. The van der Waals surface area contributed by atoms with E-state index in [0.29, 0.717) is 13.1 Å². The lowest BCUT2D eigenvalue weighted by Crippen LogP contribution is -2.55. The second-order valence-electron chi connectivity index (χ2n) is 8.29. The summed E-state index contributed by atoms with van der Waals surface area (Å²) in [5.41, 5.74) is 6.96. The van der Waals surface area contributed by atoms with Crippen molar-refractivity contribution in [2.24, 2.45) is 11.1 Å². The quantitative estimate of drug-likeness (QED) is 0.875. The maximum absolute atomic E-state index is 11.7. The molecule has 2 saturated heterocycles. The maximum Gasteiger partial charge on any atom is 0.224 e. The van der Waals surface area contributed by atoms with E-state index in [0.717, 1.165) is 45.3 Å². The third kappa shape index (κ3) is 4.15. The number of nitrogens with zero attached hydrogens (tertiary/aromatic N) is 2. The van der Waals surface area contributed by atoms with Gasteiger partial charge in [0.1, 0.15) is 0 Å². The molecule has 1 atom stereocenters. The van der Waals surface area contributed by atoms with Crippen LogP contribution in [0.4, 0.5) is 5.69 Å². The molecule has 0 aliphatic carbocycles. The van der Waals surface area contributed by atoms with Crippen LogP contribution in [0.2, 0.25) is 0 Å². The second kappa shape index (κ2) is 6.96. The molecule has 0 aromatic heterocycles. The number of aryl methyl sites for hydroxylation is 1. The zero-order chi connectivity index (χ0) is 18.1. The summed E-state index contributed by atoms with van der Waals surface area (Å²) in [6.45, 7) is 8.01. The summed E-state index contributed by atoms with van der Waals surface area (Å²) in [6, 6.07) is 8.54. The van der Waals surface area contributed by atoms with Crippen molar-refractivity contribution in [3.63, 3.8) is 0 Å². The highest BCUT2D eigenvalue weighted by Crippen LogP contribution is 2.32. The minimum atomic E-state index is -0.670. The van der Waals surface area contributed by atoms with Crippen LogP contribution >= 0.6 is 0 Å². The largest absolute Gasteiger partial charge is 0.388 e. The molecule has 0 spiro atoms. The van der Waals surface area contributed by atoms with Crippen molar-refractivity contribution in [1.82, 2.24) is 4.90 Å². The minimum absolute atomic E-state index is 0.224. The first-order valence-corrected chi connectivity index (χ1v) is 9.36. The molecule has 5 nitrogen and oxygen atoms in total. The van der Waals surface area contributed by atoms with Crippen LogP contribution in [-0.2, 0) is 4.79 Å². The third-order valence-corrected chi connectivity index (χ3v) is 5.95. The van der Waals surface area contributed by atoms with Gasteiger partial charge in [0.2, 0.25) is 5.91 Å². The zero-order valence-corrected chi connectivity index (χ0v) is 15.5. The number of rotatable bonds is 4. The minimum Gasteiger partial charge on any atom is -0.388 e. The molecule has 3 rings (SSSR count). The topological polar surface area (TPSA) is 69.8 Å². The first-order chi connectivity index (χ1) is 11.8. The molecule has 5 heteroatoms. The first kappa shape index (κ1) is 18.2. The molecule has 1 aromatic carbocycles. The summed E-state index contributed by atoms with van der Waals surface area (Å²) in [7, 11) is 0. The number of piperidine rings is 2. The van der Waals surface area contributed by atoms with E-state index in [1.807, 2.05) is 6.92 Å². The standard InChI is InChI=1S/C20H31N3O2/c1-16-5-3-6-17(13-16)23-11-8-20(25,9-12-23)15-22-10-4-7-19(2,14-22)18(21)24/h3,5-6,13,25H,4,7-12,14-15H2,1-2H3,(H2,21,24)/t19-/m0/s1. The van der Waals surface area contributed by atoms with Gasteiger partial charge >= 0.3 is 0 Å². The highest BCUT2D eigenvalue weighted by molar-refractivity contribution is 5.80. The predicted molar refractivity (Wildman–Crippen MR) is 101 cm³/mol. The lowest BCUT2D eigenvalue weighted by atomic mass is 9.80. The van der Waals surface area contributed by atoms with Gasteiger partial charge in [0, 0.05) is 31.9 Å². The Morgan fingerprint density at radius 2 is 1.96 bits per heavy atom. The molecule has 2 fully saturated rings. The molecule has 0 saturated carbocycles. The van der Waals surface area contributed by atoms with Gasteiger partial charge in [0.05, 0.1) is 11.0 Å². The summed E-state index contributed by atoms with van der Waals surface area (Å²) in [5.74, 6) is -0.224. The Hall–Kier alpha value is -1.59. The molecule has 2 aliphatic heterocycles. The van der Waals surface area contributed by atoms with E-state index in [2.05, 4.69) is 41.0 Å². The van der Waals surface area contributed by atoms with Gasteiger partial charge in [0.25, 0.3) is 0 Å². The number of amides is 1. The van der Waals surface area contributed by atoms with Crippen molar-refractivity contribution in [3.8, 4) is 0 Å². The van der Waals surface area contributed by atoms with E-state index < -0.39 is 11.0 Å². The lowest BCUT2D eigenvalue weighted by molar-refractivity contribution is -0.131. The van der Waals surface area contributed by atoms with E-state index in [9.17, 15) is 9.90 Å². The van der Waals surface area contributed by atoms with Crippen molar-refractivity contribution >= 4 is 11.6 Å². The molecule has 0 unspecified atom stereocenters. The van der Waals surface area contributed by atoms with E-state index >= 15 is 0 Å². The van der Waals surface area contributed by atoms with Gasteiger partial charge in [-0.2, -0.15) is 0 Å². The number of hydrogen-bond donors (Lipinski definition) is 2. The van der Waals surface area contributed by atoms with Crippen molar-refractivity contribution in [1.29, 1.82) is 0 Å². The highest BCUT2D eigenvalue weighted by atomic mass is 16.3. The molecule has 2 heterocycles. The predicted octanol–water partition coefficient (Wildman–Crippen LogP) is 1.91. The number of primary amides is 1. The van der Waals surface area contributed by atoms with Crippen LogP contribution in [0.3, 0.4) is 0 Å². The fourth-order valence-electron chi connectivity index (χ4n) is 4.26. The van der Waals surface area contributed by atoms with Crippen LogP contribution in [0.15, 0.2) is 24.3 Å². The average molecular weight is 345 g/mol. The Balaban J connectivity index is 1.58. The van der Waals surface area contributed by atoms with Crippen molar-refractivity contribution in [2.45, 2.75) is 45.1 Å². The van der Waals surface area contributed by atoms with Gasteiger partial charge in [-0.25, -0.2) is 0 Å². The number of β-amino-alcohol motifs (C(OH)–C–C–N with tert-alkyl or cyclic N) is 1. The molecule has 1 aromatic rings. The van der Waals surface area contributed by atoms with Crippen LogP contribution in [-0.4, -0.2) is 54.2 Å². The zero-order valence-electron chi connectivity index (χ0n) is 15.5. The fourth-order valence-corrected chi connectivity index (χ4v) is 4.26. The van der Waals surface area contributed by atoms with E-state index in [1.54, 1.807) is 0 Å². The SMILES string of the molecule is Cc1cccc(N2CCC(O)(CN3CCC[C@](C)(C(N)=O)C3)CC2)c1. The van der Waals surface area contributed by atoms with Gasteiger partial charge in [-0.3, -0.25) is 9.69 Å². The Morgan fingerprint density at radius 1 is 1.24 bits per heavy atom. The number of carbonyl (C=O) groups is 1. The Kier molecular flexibility index (Phi) is 5.07. The van der Waals surface area contributed by atoms with Crippen LogP contribution in [0.1, 0.15) is 38.2 Å². The molecular formula is C20H31N3O2. The molecule has 0 bridgehead atoms. The van der Waals surface area contributed by atoms with Crippen LogP contribution in [0.5, 0.6) is 0 Å². The maximum atomic E-state index is 11.7. The highest BCUT2D eigenvalue weighted by Gasteiger charge is 2.40. The van der Waals surface area contributed by atoms with Gasteiger partial charge < -0.3 is 15.7 Å². The number of nitrogens with two attached hydrogens (primary N) is 1. The number of carbonyl (C=O) groups excluding carboxylic acids is 1. The van der Waals surface area contributed by atoms with E-state index in [4.69, 9.17) is 5.73 Å². The number of hydrogen-bond acceptors (Lipinski definition) is 4. The molecule has 0 radical (unpaired) electrons. The second-order valence-corrected chi connectivity index (χ2v) is 8.29. The third-order valence-electron chi connectivity index (χ3n) is 5.95. The van der Waals surface area contributed by atoms with E-state index in [1.165, 1.54) is 11.3 Å². The summed E-state index contributed by atoms with van der Waals surface area (Å²) in [6.07, 6.45) is 3.32. The van der Waals surface area contributed by atoms with E-state index in [-0.39, 0.29) is 5.91 Å². The Labute approximate surface area is 150 Å². The smallest absolute Gasteiger partial charge is 0.224 e. The average Bonchev–Trinajstić information content (AvgIpc) is 2.55. The molecule has 3 N–H and O–H groups in total. The van der Waals surface area contributed by atoms with Crippen LogP contribution in [0, 0.1) is 12.3 Å². The Bertz CT molecular complexity index is 625. The van der Waals surface area contributed by atoms with Crippen molar-refractivity contribution < 1.29 is 9.90 Å². The van der Waals surface area contributed by atoms with Crippen LogP contribution < -0.4 is 10.6 Å². The number of aliphatic hydroxyl groups is 1. The Morgan fingerprint density at radius 3 is 2.60 bits per heavy atom. The normalized spacial score (nSPS) is 27.2. The van der Waals surface area contributed by atoms with Gasteiger partial charge in [-0.05, 0) is 63.8 Å². The lowest BCUT2D eigenvalue weighted by Gasteiger charge is -2.45. The van der Waals surface area contributed by atoms with Crippen molar-refractivity contribution in [3.05, 3.63) is 29.8 Å².